The SMILES string of the molecule is O=C(OCc1ccc(-c2cn(-c3ccc(F)cc3)c3cc(F)cc(OCc4ccccc4)c23)cc1)c1ccccc1. The highest BCUT2D eigenvalue weighted by molar-refractivity contribution is 6.01. The number of rotatable bonds is 8. The first-order chi connectivity index (χ1) is 20.0. The molecule has 0 amide bonds. The first kappa shape index (κ1) is 26.0. The van der Waals surface area contributed by atoms with E-state index in [4.69, 9.17) is 9.47 Å². The van der Waals surface area contributed by atoms with Crippen molar-refractivity contribution in [2.75, 3.05) is 0 Å². The molecule has 0 fully saturated rings. The van der Waals surface area contributed by atoms with E-state index >= 15 is 0 Å². The van der Waals surface area contributed by atoms with Gasteiger partial charge in [0, 0.05) is 23.5 Å². The van der Waals surface area contributed by atoms with E-state index in [0.29, 0.717) is 22.5 Å². The number of hydrogen-bond donors (Lipinski definition) is 0. The molecule has 0 unspecified atom stereocenters. The number of ether oxygens (including phenoxy) is 2. The van der Waals surface area contributed by atoms with Gasteiger partial charge in [-0.1, -0.05) is 72.8 Å². The van der Waals surface area contributed by atoms with Crippen LogP contribution >= 0.6 is 0 Å². The van der Waals surface area contributed by atoms with Crippen molar-refractivity contribution in [3.8, 4) is 22.6 Å². The topological polar surface area (TPSA) is 40.5 Å². The van der Waals surface area contributed by atoms with Gasteiger partial charge in [-0.2, -0.15) is 0 Å². The minimum absolute atomic E-state index is 0.127. The van der Waals surface area contributed by atoms with Crippen LogP contribution in [0.3, 0.4) is 0 Å². The van der Waals surface area contributed by atoms with Crippen LogP contribution < -0.4 is 4.74 Å². The molecule has 6 aromatic rings. The first-order valence-corrected chi connectivity index (χ1v) is 13.1. The number of carbonyl (C=O) groups is 1. The number of aromatic nitrogens is 1. The monoisotopic (exact) mass is 545 g/mol. The Balaban J connectivity index is 1.36. The average Bonchev–Trinajstić information content (AvgIpc) is 3.39. The molecular weight excluding hydrogens is 520 g/mol. The number of fused-ring (bicyclic) bond motifs is 1. The summed E-state index contributed by atoms with van der Waals surface area (Å²) in [6, 6.07) is 35.1. The van der Waals surface area contributed by atoms with Gasteiger partial charge in [0.05, 0.1) is 16.5 Å². The minimum Gasteiger partial charge on any atom is -0.488 e. The second-order valence-electron chi connectivity index (χ2n) is 9.60. The fourth-order valence-corrected chi connectivity index (χ4v) is 4.76. The third kappa shape index (κ3) is 5.72. The number of esters is 1. The Labute approximate surface area is 236 Å². The van der Waals surface area contributed by atoms with E-state index in [0.717, 1.165) is 27.6 Å². The number of benzene rings is 5. The number of carbonyl (C=O) groups excluding carboxylic acids is 1. The molecule has 0 saturated heterocycles. The maximum atomic E-state index is 14.9. The van der Waals surface area contributed by atoms with Crippen LogP contribution in [0.15, 0.2) is 128 Å². The molecule has 0 spiro atoms. The predicted molar refractivity (Wildman–Crippen MR) is 155 cm³/mol. The second kappa shape index (κ2) is 11.5. The van der Waals surface area contributed by atoms with Crippen LogP contribution in [0.1, 0.15) is 21.5 Å². The van der Waals surface area contributed by atoms with Crippen LogP contribution in [0.2, 0.25) is 0 Å². The Morgan fingerprint density at radius 2 is 1.34 bits per heavy atom. The van der Waals surface area contributed by atoms with Crippen molar-refractivity contribution in [2.24, 2.45) is 0 Å². The molecule has 0 aliphatic rings. The van der Waals surface area contributed by atoms with Gasteiger partial charge in [0.15, 0.2) is 0 Å². The van der Waals surface area contributed by atoms with E-state index in [2.05, 4.69) is 0 Å². The van der Waals surface area contributed by atoms with E-state index in [9.17, 15) is 13.6 Å². The maximum absolute atomic E-state index is 14.9. The third-order valence-corrected chi connectivity index (χ3v) is 6.82. The van der Waals surface area contributed by atoms with Crippen LogP contribution in [-0.4, -0.2) is 10.5 Å². The molecule has 4 nitrogen and oxygen atoms in total. The van der Waals surface area contributed by atoms with Crippen molar-refractivity contribution >= 4 is 16.9 Å². The fourth-order valence-electron chi connectivity index (χ4n) is 4.76. The van der Waals surface area contributed by atoms with E-state index in [1.165, 1.54) is 24.3 Å². The Kier molecular flexibility index (Phi) is 7.28. The standard InChI is InChI=1S/C35H25F2NO3/c36-28-15-17-30(18-16-28)38-21-31(26-13-11-25(12-14-26)23-41-35(39)27-9-5-2-6-10-27)34-32(38)19-29(37)20-33(34)40-22-24-7-3-1-4-8-24/h1-21H,22-23H2. The van der Waals surface area contributed by atoms with Crippen LogP contribution in [0, 0.1) is 11.6 Å². The van der Waals surface area contributed by atoms with E-state index in [-0.39, 0.29) is 25.0 Å². The molecule has 0 N–H and O–H groups in total. The van der Waals surface area contributed by atoms with Crippen molar-refractivity contribution in [3.05, 3.63) is 156 Å². The van der Waals surface area contributed by atoms with Crippen molar-refractivity contribution in [1.82, 2.24) is 4.57 Å². The van der Waals surface area contributed by atoms with Gasteiger partial charge in [-0.05, 0) is 59.2 Å². The van der Waals surface area contributed by atoms with Crippen LogP contribution in [-0.2, 0) is 18.0 Å². The zero-order valence-electron chi connectivity index (χ0n) is 22.0. The molecule has 1 aromatic heterocycles. The summed E-state index contributed by atoms with van der Waals surface area (Å²) in [5, 5.41) is 0.731. The molecule has 0 atom stereocenters. The van der Waals surface area contributed by atoms with Crippen molar-refractivity contribution in [3.63, 3.8) is 0 Å². The quantitative estimate of drug-likeness (QED) is 0.180. The summed E-state index contributed by atoms with van der Waals surface area (Å²) in [5.74, 6) is -0.781. The summed E-state index contributed by atoms with van der Waals surface area (Å²) in [6.07, 6.45) is 1.90. The summed E-state index contributed by atoms with van der Waals surface area (Å²) in [7, 11) is 0. The van der Waals surface area contributed by atoms with Crippen LogP contribution in [0.4, 0.5) is 8.78 Å². The smallest absolute Gasteiger partial charge is 0.338 e. The maximum Gasteiger partial charge on any atom is 0.338 e. The summed E-state index contributed by atoms with van der Waals surface area (Å²) in [5.41, 5.74) is 5.24. The molecule has 0 radical (unpaired) electrons. The second-order valence-corrected chi connectivity index (χ2v) is 9.60. The van der Waals surface area contributed by atoms with E-state index < -0.39 is 5.82 Å². The molecular formula is C35H25F2NO3. The van der Waals surface area contributed by atoms with Gasteiger partial charge in [-0.25, -0.2) is 13.6 Å². The minimum atomic E-state index is -0.441. The Bertz CT molecular complexity index is 1800. The lowest BCUT2D eigenvalue weighted by Crippen LogP contribution is -2.04. The molecule has 6 heteroatoms. The molecule has 202 valence electrons. The summed E-state index contributed by atoms with van der Waals surface area (Å²) in [6.45, 7) is 0.397. The van der Waals surface area contributed by atoms with Gasteiger partial charge in [0.2, 0.25) is 0 Å². The van der Waals surface area contributed by atoms with Crippen molar-refractivity contribution in [1.29, 1.82) is 0 Å². The first-order valence-electron chi connectivity index (χ1n) is 13.1. The third-order valence-electron chi connectivity index (χ3n) is 6.82. The molecule has 5 aromatic carbocycles. The zero-order chi connectivity index (χ0) is 28.2. The largest absolute Gasteiger partial charge is 0.488 e. The molecule has 0 saturated carbocycles. The molecule has 41 heavy (non-hydrogen) atoms. The molecule has 1 heterocycles. The van der Waals surface area contributed by atoms with Crippen LogP contribution in [0.5, 0.6) is 5.75 Å². The average molecular weight is 546 g/mol. The van der Waals surface area contributed by atoms with Gasteiger partial charge >= 0.3 is 5.97 Å². The molecule has 0 bridgehead atoms. The summed E-state index contributed by atoms with van der Waals surface area (Å²) >= 11 is 0. The Morgan fingerprint density at radius 3 is 2.05 bits per heavy atom. The normalized spacial score (nSPS) is 11.0. The summed E-state index contributed by atoms with van der Waals surface area (Å²) in [4.78, 5) is 12.3. The van der Waals surface area contributed by atoms with E-state index in [1.54, 1.807) is 36.4 Å². The highest BCUT2D eigenvalue weighted by atomic mass is 19.1. The highest BCUT2D eigenvalue weighted by Gasteiger charge is 2.18. The molecule has 6 rings (SSSR count). The van der Waals surface area contributed by atoms with Gasteiger partial charge in [-0.15, -0.1) is 0 Å². The van der Waals surface area contributed by atoms with Crippen molar-refractivity contribution in [2.45, 2.75) is 13.2 Å². The van der Waals surface area contributed by atoms with Crippen LogP contribution in [0.25, 0.3) is 27.7 Å². The Morgan fingerprint density at radius 1 is 0.683 bits per heavy atom. The predicted octanol–water partition coefficient (Wildman–Crippen LogP) is 8.51. The van der Waals surface area contributed by atoms with Gasteiger partial charge in [-0.3, -0.25) is 0 Å². The Hall–Kier alpha value is -5.23. The zero-order valence-corrected chi connectivity index (χ0v) is 22.0. The van der Waals surface area contributed by atoms with E-state index in [1.807, 2.05) is 71.4 Å². The summed E-state index contributed by atoms with van der Waals surface area (Å²) < 4.78 is 42.1. The lowest BCUT2D eigenvalue weighted by molar-refractivity contribution is 0.0472. The fraction of sp³-hybridized carbons (Fsp3) is 0.0571. The van der Waals surface area contributed by atoms with Gasteiger partial charge in [0.1, 0.15) is 30.6 Å². The highest BCUT2D eigenvalue weighted by Crippen LogP contribution is 2.39. The number of nitrogens with zero attached hydrogens (tertiary/aromatic N) is 1. The molecule has 0 aliphatic carbocycles. The lowest BCUT2D eigenvalue weighted by Gasteiger charge is -2.11. The number of hydrogen-bond acceptors (Lipinski definition) is 3. The lowest BCUT2D eigenvalue weighted by atomic mass is 10.0. The molecule has 0 aliphatic heterocycles. The number of halogens is 2. The van der Waals surface area contributed by atoms with Gasteiger partial charge < -0.3 is 14.0 Å². The van der Waals surface area contributed by atoms with Gasteiger partial charge in [0.25, 0.3) is 0 Å². The van der Waals surface area contributed by atoms with Crippen molar-refractivity contribution < 1.29 is 23.0 Å².